The molecule has 0 unspecified atom stereocenters. The molecule has 0 aliphatic carbocycles. The fourth-order valence-electron chi connectivity index (χ4n) is 2.58. The Kier molecular flexibility index (Phi) is 4.78. The first kappa shape index (κ1) is 15.4. The van der Waals surface area contributed by atoms with Crippen molar-refractivity contribution in [1.82, 2.24) is 20.0 Å². The van der Waals surface area contributed by atoms with Crippen LogP contribution in [0, 0.1) is 0 Å². The lowest BCUT2D eigenvalue weighted by Gasteiger charge is -2.08. The van der Waals surface area contributed by atoms with Gasteiger partial charge in [-0.05, 0) is 42.7 Å². The summed E-state index contributed by atoms with van der Waals surface area (Å²) in [5.41, 5.74) is 4.46. The van der Waals surface area contributed by atoms with Gasteiger partial charge in [0.2, 0.25) is 0 Å². The van der Waals surface area contributed by atoms with Gasteiger partial charge in [-0.2, -0.15) is 0 Å². The average Bonchev–Trinajstić information content (AvgIpc) is 3.05. The van der Waals surface area contributed by atoms with Crippen LogP contribution >= 0.6 is 0 Å². The third-order valence-corrected chi connectivity index (χ3v) is 3.82. The lowest BCUT2D eigenvalue weighted by molar-refractivity contribution is 0.277. The van der Waals surface area contributed by atoms with Crippen LogP contribution in [0.5, 0.6) is 0 Å². The van der Waals surface area contributed by atoms with Crippen LogP contribution in [0.3, 0.4) is 0 Å². The minimum absolute atomic E-state index is 0.154. The summed E-state index contributed by atoms with van der Waals surface area (Å²) in [7, 11) is 0. The first-order chi connectivity index (χ1) is 11.3. The van der Waals surface area contributed by atoms with Crippen LogP contribution < -0.4 is 0 Å². The lowest BCUT2D eigenvalue weighted by Crippen LogP contribution is -2.01. The van der Waals surface area contributed by atoms with Gasteiger partial charge in [-0.25, -0.2) is 4.68 Å². The van der Waals surface area contributed by atoms with E-state index in [9.17, 15) is 5.11 Å². The highest BCUT2D eigenvalue weighted by atomic mass is 16.3. The first-order valence-electron chi connectivity index (χ1n) is 7.88. The Morgan fingerprint density at radius 1 is 1.13 bits per heavy atom. The van der Waals surface area contributed by atoms with E-state index in [0.29, 0.717) is 5.69 Å². The van der Waals surface area contributed by atoms with Gasteiger partial charge in [0.15, 0.2) is 0 Å². The third-order valence-electron chi connectivity index (χ3n) is 3.82. The summed E-state index contributed by atoms with van der Waals surface area (Å²) in [4.78, 5) is 4.15. The van der Waals surface area contributed by atoms with E-state index in [0.717, 1.165) is 23.4 Å². The van der Waals surface area contributed by atoms with Crippen molar-refractivity contribution >= 4 is 0 Å². The molecular weight excluding hydrogens is 288 g/mol. The zero-order valence-electron chi connectivity index (χ0n) is 13.2. The van der Waals surface area contributed by atoms with E-state index in [-0.39, 0.29) is 6.61 Å². The number of nitrogens with zero attached hydrogens (tertiary/aromatic N) is 4. The molecular formula is C18H20N4O. The number of benzene rings is 1. The Bertz CT molecular complexity index is 750. The Morgan fingerprint density at radius 3 is 2.61 bits per heavy atom. The van der Waals surface area contributed by atoms with Crippen molar-refractivity contribution < 1.29 is 5.11 Å². The second-order valence-corrected chi connectivity index (χ2v) is 5.47. The highest BCUT2D eigenvalue weighted by Crippen LogP contribution is 2.24. The molecule has 1 aromatic carbocycles. The van der Waals surface area contributed by atoms with Gasteiger partial charge in [0, 0.05) is 18.0 Å². The van der Waals surface area contributed by atoms with Gasteiger partial charge >= 0.3 is 0 Å². The highest BCUT2D eigenvalue weighted by Gasteiger charge is 2.15. The quantitative estimate of drug-likeness (QED) is 0.759. The van der Waals surface area contributed by atoms with Gasteiger partial charge in [-0.1, -0.05) is 30.7 Å². The standard InChI is InChI=1S/C18H20N4O/c1-2-3-5-14-7-9-16(10-8-14)22-18(17(13-23)20-21-22)15-6-4-11-19-12-15/h4,6-12,23H,2-3,5,13H2,1H3. The van der Waals surface area contributed by atoms with Crippen molar-refractivity contribution in [3.8, 4) is 16.9 Å². The Hall–Kier alpha value is -2.53. The van der Waals surface area contributed by atoms with Gasteiger partial charge in [0.25, 0.3) is 0 Å². The average molecular weight is 308 g/mol. The van der Waals surface area contributed by atoms with Crippen molar-refractivity contribution in [2.45, 2.75) is 32.8 Å². The van der Waals surface area contributed by atoms with E-state index in [2.05, 4.69) is 34.4 Å². The van der Waals surface area contributed by atoms with E-state index >= 15 is 0 Å². The second-order valence-electron chi connectivity index (χ2n) is 5.47. The molecule has 1 N–H and O–H groups in total. The summed E-state index contributed by atoms with van der Waals surface area (Å²) in [6, 6.07) is 12.1. The van der Waals surface area contributed by atoms with Crippen LogP contribution in [-0.4, -0.2) is 25.1 Å². The van der Waals surface area contributed by atoms with Crippen LogP contribution in [0.2, 0.25) is 0 Å². The zero-order valence-corrected chi connectivity index (χ0v) is 13.2. The van der Waals surface area contributed by atoms with E-state index in [1.54, 1.807) is 17.1 Å². The summed E-state index contributed by atoms with van der Waals surface area (Å²) in [5.74, 6) is 0. The molecule has 3 rings (SSSR count). The predicted octanol–water partition coefficient (Wildman–Crippen LogP) is 3.16. The molecule has 0 amide bonds. The van der Waals surface area contributed by atoms with Crippen LogP contribution in [0.1, 0.15) is 31.0 Å². The van der Waals surface area contributed by atoms with Gasteiger partial charge in [-0.3, -0.25) is 4.98 Å². The molecule has 0 fully saturated rings. The van der Waals surface area contributed by atoms with Crippen molar-refractivity contribution in [2.75, 3.05) is 0 Å². The van der Waals surface area contributed by atoms with Crippen LogP contribution in [-0.2, 0) is 13.0 Å². The SMILES string of the molecule is CCCCc1ccc(-n2nnc(CO)c2-c2cccnc2)cc1. The maximum Gasteiger partial charge on any atom is 0.117 e. The molecule has 0 atom stereocenters. The molecule has 0 bridgehead atoms. The van der Waals surface area contributed by atoms with E-state index in [1.165, 1.54) is 18.4 Å². The van der Waals surface area contributed by atoms with Crippen molar-refractivity contribution in [3.63, 3.8) is 0 Å². The predicted molar refractivity (Wildman–Crippen MR) is 89.1 cm³/mol. The number of aliphatic hydroxyl groups is 1. The molecule has 5 nitrogen and oxygen atoms in total. The normalized spacial score (nSPS) is 10.9. The fraction of sp³-hybridized carbons (Fsp3) is 0.278. The maximum absolute atomic E-state index is 9.54. The number of pyridine rings is 1. The molecule has 0 aliphatic rings. The van der Waals surface area contributed by atoms with E-state index in [1.807, 2.05) is 24.3 Å². The van der Waals surface area contributed by atoms with Crippen LogP contribution in [0.15, 0.2) is 48.8 Å². The summed E-state index contributed by atoms with van der Waals surface area (Å²) < 4.78 is 1.76. The second kappa shape index (κ2) is 7.15. The van der Waals surface area contributed by atoms with E-state index in [4.69, 9.17) is 0 Å². The summed E-state index contributed by atoms with van der Waals surface area (Å²) >= 11 is 0. The van der Waals surface area contributed by atoms with Crippen molar-refractivity contribution in [3.05, 3.63) is 60.0 Å². The summed E-state index contributed by atoms with van der Waals surface area (Å²) in [6.45, 7) is 2.04. The molecule has 118 valence electrons. The molecule has 0 aliphatic heterocycles. The minimum Gasteiger partial charge on any atom is -0.390 e. The highest BCUT2D eigenvalue weighted by molar-refractivity contribution is 5.63. The van der Waals surface area contributed by atoms with Gasteiger partial charge in [0.05, 0.1) is 12.3 Å². The number of unbranched alkanes of at least 4 members (excludes halogenated alkanes) is 1. The summed E-state index contributed by atoms with van der Waals surface area (Å²) in [6.07, 6.45) is 6.95. The molecule has 2 aromatic heterocycles. The van der Waals surface area contributed by atoms with Gasteiger partial charge < -0.3 is 5.11 Å². The largest absolute Gasteiger partial charge is 0.390 e. The minimum atomic E-state index is -0.154. The zero-order chi connectivity index (χ0) is 16.1. The molecule has 2 heterocycles. The number of aliphatic hydroxyl groups excluding tert-OH is 1. The molecule has 0 saturated carbocycles. The van der Waals surface area contributed by atoms with Gasteiger partial charge in [0.1, 0.15) is 11.4 Å². The smallest absolute Gasteiger partial charge is 0.117 e. The van der Waals surface area contributed by atoms with Crippen molar-refractivity contribution in [1.29, 1.82) is 0 Å². The first-order valence-corrected chi connectivity index (χ1v) is 7.88. The number of aryl methyl sites for hydroxylation is 1. The Morgan fingerprint density at radius 2 is 1.96 bits per heavy atom. The fourth-order valence-corrected chi connectivity index (χ4v) is 2.58. The van der Waals surface area contributed by atoms with E-state index < -0.39 is 0 Å². The molecule has 0 spiro atoms. The Balaban J connectivity index is 1.98. The van der Waals surface area contributed by atoms with Gasteiger partial charge in [-0.15, -0.1) is 5.10 Å². The molecule has 3 aromatic rings. The molecule has 0 radical (unpaired) electrons. The topological polar surface area (TPSA) is 63.8 Å². The monoisotopic (exact) mass is 308 g/mol. The number of hydrogen-bond donors (Lipinski definition) is 1. The van der Waals surface area contributed by atoms with Crippen LogP contribution in [0.25, 0.3) is 16.9 Å². The Labute approximate surface area is 135 Å². The number of hydrogen-bond acceptors (Lipinski definition) is 4. The third kappa shape index (κ3) is 3.29. The molecule has 23 heavy (non-hydrogen) atoms. The summed E-state index contributed by atoms with van der Waals surface area (Å²) in [5, 5.41) is 17.8. The number of aromatic nitrogens is 4. The van der Waals surface area contributed by atoms with Crippen molar-refractivity contribution in [2.24, 2.45) is 0 Å². The number of rotatable bonds is 6. The molecule has 5 heteroatoms. The lowest BCUT2D eigenvalue weighted by atomic mass is 10.1. The molecule has 0 saturated heterocycles. The van der Waals surface area contributed by atoms with Crippen LogP contribution in [0.4, 0.5) is 0 Å². The maximum atomic E-state index is 9.54.